The first-order chi connectivity index (χ1) is 16.4. The van der Waals surface area contributed by atoms with Crippen LogP contribution in [0.4, 0.5) is 5.00 Å². The SMILES string of the molecule is CCOC(=O)c1c(-c2ccc(C)cc2)csc1NC(=O)c1nn(-c2cccc(C)c2)ccc1=O. The van der Waals surface area contributed by atoms with Crippen LogP contribution < -0.4 is 10.7 Å². The highest BCUT2D eigenvalue weighted by molar-refractivity contribution is 7.15. The van der Waals surface area contributed by atoms with E-state index in [1.807, 2.05) is 62.4 Å². The van der Waals surface area contributed by atoms with E-state index in [-0.39, 0.29) is 17.9 Å². The summed E-state index contributed by atoms with van der Waals surface area (Å²) in [5, 5.41) is 9.03. The molecule has 0 saturated heterocycles. The van der Waals surface area contributed by atoms with Crippen LogP contribution in [-0.4, -0.2) is 28.3 Å². The van der Waals surface area contributed by atoms with Gasteiger partial charge in [0.2, 0.25) is 5.43 Å². The highest BCUT2D eigenvalue weighted by Gasteiger charge is 2.24. The minimum Gasteiger partial charge on any atom is -0.462 e. The maximum atomic E-state index is 13.1. The fourth-order valence-corrected chi connectivity index (χ4v) is 4.40. The number of anilines is 1. The summed E-state index contributed by atoms with van der Waals surface area (Å²) in [5.41, 5.74) is 3.76. The number of rotatable bonds is 6. The lowest BCUT2D eigenvalue weighted by atomic mass is 10.0. The van der Waals surface area contributed by atoms with E-state index in [4.69, 9.17) is 4.74 Å². The first kappa shape index (κ1) is 23.1. The summed E-state index contributed by atoms with van der Waals surface area (Å²) in [6.07, 6.45) is 1.51. The highest BCUT2D eigenvalue weighted by atomic mass is 32.1. The second-order valence-electron chi connectivity index (χ2n) is 7.71. The summed E-state index contributed by atoms with van der Waals surface area (Å²) in [4.78, 5) is 38.3. The van der Waals surface area contributed by atoms with Gasteiger partial charge in [0.15, 0.2) is 5.69 Å². The molecule has 0 aliphatic carbocycles. The Bertz CT molecular complexity index is 1420. The quantitative estimate of drug-likeness (QED) is 0.398. The minimum atomic E-state index is -0.699. The first-order valence-corrected chi connectivity index (χ1v) is 11.6. The normalized spacial score (nSPS) is 10.7. The van der Waals surface area contributed by atoms with E-state index in [1.165, 1.54) is 28.3 Å². The summed E-state index contributed by atoms with van der Waals surface area (Å²) >= 11 is 1.19. The predicted molar refractivity (Wildman–Crippen MR) is 133 cm³/mol. The molecule has 4 rings (SSSR count). The molecule has 4 aromatic rings. The van der Waals surface area contributed by atoms with Crippen LogP contribution in [0.1, 0.15) is 38.9 Å². The number of thiophene rings is 1. The molecule has 0 unspecified atom stereocenters. The van der Waals surface area contributed by atoms with Gasteiger partial charge in [0.05, 0.1) is 12.3 Å². The van der Waals surface area contributed by atoms with Gasteiger partial charge in [-0.1, -0.05) is 42.0 Å². The third-order valence-electron chi connectivity index (χ3n) is 5.15. The van der Waals surface area contributed by atoms with Crippen molar-refractivity contribution in [1.82, 2.24) is 9.78 Å². The van der Waals surface area contributed by atoms with Crippen molar-refractivity contribution in [3.63, 3.8) is 0 Å². The fourth-order valence-electron chi connectivity index (χ4n) is 3.44. The number of ether oxygens (including phenoxy) is 1. The van der Waals surface area contributed by atoms with Gasteiger partial charge >= 0.3 is 5.97 Å². The van der Waals surface area contributed by atoms with E-state index < -0.39 is 17.3 Å². The summed E-state index contributed by atoms with van der Waals surface area (Å²) < 4.78 is 6.72. The molecule has 0 aliphatic heterocycles. The number of nitrogens with one attached hydrogen (secondary N) is 1. The number of hydrogen-bond acceptors (Lipinski definition) is 6. The van der Waals surface area contributed by atoms with Crippen molar-refractivity contribution in [2.24, 2.45) is 0 Å². The molecule has 1 N–H and O–H groups in total. The number of nitrogens with zero attached hydrogens (tertiary/aromatic N) is 2. The average Bonchev–Trinajstić information content (AvgIpc) is 3.23. The van der Waals surface area contributed by atoms with E-state index in [2.05, 4.69) is 10.4 Å². The molecule has 0 fully saturated rings. The van der Waals surface area contributed by atoms with E-state index in [0.29, 0.717) is 10.6 Å². The minimum absolute atomic E-state index is 0.191. The van der Waals surface area contributed by atoms with Gasteiger partial charge in [-0.15, -0.1) is 11.3 Å². The van der Waals surface area contributed by atoms with Gasteiger partial charge < -0.3 is 10.1 Å². The van der Waals surface area contributed by atoms with Gasteiger partial charge in [-0.2, -0.15) is 5.10 Å². The maximum absolute atomic E-state index is 13.1. The van der Waals surface area contributed by atoms with Crippen LogP contribution >= 0.6 is 11.3 Å². The number of aryl methyl sites for hydroxylation is 2. The van der Waals surface area contributed by atoms with Gasteiger partial charge in [0.1, 0.15) is 10.6 Å². The summed E-state index contributed by atoms with van der Waals surface area (Å²) in [6.45, 7) is 5.83. The zero-order chi connectivity index (χ0) is 24.2. The van der Waals surface area contributed by atoms with Crippen molar-refractivity contribution in [3.05, 3.63) is 98.8 Å². The molecular formula is C26H23N3O4S. The molecule has 0 bridgehead atoms. The van der Waals surface area contributed by atoms with E-state index >= 15 is 0 Å². The monoisotopic (exact) mass is 473 g/mol. The molecule has 0 radical (unpaired) electrons. The molecule has 2 aromatic carbocycles. The number of hydrogen-bond donors (Lipinski definition) is 1. The van der Waals surface area contributed by atoms with Crippen molar-refractivity contribution < 1.29 is 14.3 Å². The van der Waals surface area contributed by atoms with Gasteiger partial charge in [-0.25, -0.2) is 9.48 Å². The fraction of sp³-hybridized carbons (Fsp3) is 0.154. The average molecular weight is 474 g/mol. The smallest absolute Gasteiger partial charge is 0.341 e. The van der Waals surface area contributed by atoms with Crippen molar-refractivity contribution in [2.45, 2.75) is 20.8 Å². The molecule has 8 heteroatoms. The molecule has 1 amide bonds. The number of amides is 1. The van der Waals surface area contributed by atoms with E-state index in [9.17, 15) is 14.4 Å². The zero-order valence-corrected chi connectivity index (χ0v) is 19.8. The van der Waals surface area contributed by atoms with Gasteiger partial charge in [-0.05, 0) is 44.0 Å². The molecule has 172 valence electrons. The molecule has 0 saturated carbocycles. The van der Waals surface area contributed by atoms with Crippen molar-refractivity contribution in [3.8, 4) is 16.8 Å². The number of aromatic nitrogens is 2. The van der Waals surface area contributed by atoms with Crippen LogP contribution in [0.15, 0.2) is 71.0 Å². The second kappa shape index (κ2) is 9.84. The Hall–Kier alpha value is -4.04. The lowest BCUT2D eigenvalue weighted by molar-refractivity contribution is 0.0529. The highest BCUT2D eigenvalue weighted by Crippen LogP contribution is 2.36. The summed E-state index contributed by atoms with van der Waals surface area (Å²) in [6, 6.07) is 16.5. The van der Waals surface area contributed by atoms with Crippen LogP contribution in [0.5, 0.6) is 0 Å². The Morgan fingerprint density at radius 1 is 1.06 bits per heavy atom. The molecule has 0 spiro atoms. The largest absolute Gasteiger partial charge is 0.462 e. The Balaban J connectivity index is 1.71. The van der Waals surface area contributed by atoms with Crippen molar-refractivity contribution >= 4 is 28.2 Å². The Labute approximate surface area is 200 Å². The second-order valence-corrected chi connectivity index (χ2v) is 8.59. The van der Waals surface area contributed by atoms with Gasteiger partial charge in [0, 0.05) is 23.2 Å². The molecular weight excluding hydrogens is 450 g/mol. The Morgan fingerprint density at radius 2 is 1.82 bits per heavy atom. The lowest BCUT2D eigenvalue weighted by Gasteiger charge is -2.10. The summed E-state index contributed by atoms with van der Waals surface area (Å²) in [5.74, 6) is -1.25. The molecule has 0 aliphatic rings. The van der Waals surface area contributed by atoms with Crippen LogP contribution in [0.3, 0.4) is 0 Å². The third kappa shape index (κ3) is 4.82. The van der Waals surface area contributed by atoms with E-state index in [0.717, 1.165) is 22.4 Å². The van der Waals surface area contributed by atoms with Crippen LogP contribution in [-0.2, 0) is 4.74 Å². The first-order valence-electron chi connectivity index (χ1n) is 10.7. The standard InChI is InChI=1S/C26H23N3O4S/c1-4-33-26(32)22-20(18-10-8-16(2)9-11-18)15-34-25(22)27-24(31)23-21(30)12-13-29(28-23)19-7-5-6-17(3)14-19/h5-15H,4H2,1-3H3,(H,27,31). The molecule has 2 aromatic heterocycles. The van der Waals surface area contributed by atoms with E-state index in [1.54, 1.807) is 12.3 Å². The van der Waals surface area contributed by atoms with Crippen LogP contribution in [0, 0.1) is 13.8 Å². The maximum Gasteiger partial charge on any atom is 0.341 e. The molecule has 7 nitrogen and oxygen atoms in total. The Kier molecular flexibility index (Phi) is 6.70. The topological polar surface area (TPSA) is 90.3 Å². The van der Waals surface area contributed by atoms with Crippen molar-refractivity contribution in [1.29, 1.82) is 0 Å². The number of benzene rings is 2. The predicted octanol–water partition coefficient (Wildman–Crippen LogP) is 5.01. The number of esters is 1. The lowest BCUT2D eigenvalue weighted by Crippen LogP contribution is -2.25. The third-order valence-corrected chi connectivity index (χ3v) is 6.05. The molecule has 0 atom stereocenters. The molecule has 2 heterocycles. The van der Waals surface area contributed by atoms with Crippen LogP contribution in [0.25, 0.3) is 16.8 Å². The van der Waals surface area contributed by atoms with Crippen molar-refractivity contribution in [2.75, 3.05) is 11.9 Å². The van der Waals surface area contributed by atoms with Gasteiger partial charge in [-0.3, -0.25) is 9.59 Å². The number of carbonyl (C=O) groups is 2. The Morgan fingerprint density at radius 3 is 2.53 bits per heavy atom. The van der Waals surface area contributed by atoms with Gasteiger partial charge in [0.25, 0.3) is 5.91 Å². The van der Waals surface area contributed by atoms with Crippen LogP contribution in [0.2, 0.25) is 0 Å². The molecule has 34 heavy (non-hydrogen) atoms. The zero-order valence-electron chi connectivity index (χ0n) is 19.0. The summed E-state index contributed by atoms with van der Waals surface area (Å²) in [7, 11) is 0. The number of carbonyl (C=O) groups excluding carboxylic acids is 2.